The van der Waals surface area contributed by atoms with Crippen molar-refractivity contribution in [3.05, 3.63) is 29.5 Å². The Kier molecular flexibility index (Phi) is 3.51. The van der Waals surface area contributed by atoms with E-state index in [4.69, 9.17) is 5.21 Å². The zero-order valence-corrected chi connectivity index (χ0v) is 11.7. The van der Waals surface area contributed by atoms with Crippen LogP contribution in [0, 0.1) is 5.21 Å². The van der Waals surface area contributed by atoms with Gasteiger partial charge in [-0.25, -0.2) is 4.68 Å². The fourth-order valence-corrected chi connectivity index (χ4v) is 3.20. The van der Waals surface area contributed by atoms with Crippen LogP contribution in [-0.4, -0.2) is 25.5 Å². The summed E-state index contributed by atoms with van der Waals surface area (Å²) in [6, 6.07) is 6.62. The minimum atomic E-state index is -0.160. The topological polar surface area (TPSA) is 89.3 Å². The molecule has 0 aliphatic carbocycles. The van der Waals surface area contributed by atoms with Gasteiger partial charge in [-0.05, 0) is 18.6 Å². The molecule has 0 fully saturated rings. The van der Waals surface area contributed by atoms with Crippen molar-refractivity contribution in [1.29, 1.82) is 0 Å². The number of anilines is 1. The van der Waals surface area contributed by atoms with Gasteiger partial charge < -0.3 is 15.9 Å². The molecule has 3 rings (SSSR count). The number of nitrogens with one attached hydrogen (secondary N) is 1. The van der Waals surface area contributed by atoms with Crippen molar-refractivity contribution >= 4 is 17.4 Å². The summed E-state index contributed by atoms with van der Waals surface area (Å²) in [5, 5.41) is 29.1. The number of rotatable bonds is 4. The minimum Gasteiger partial charge on any atom is -0.733 e. The molecule has 0 unspecified atom stereocenters. The van der Waals surface area contributed by atoms with E-state index >= 15 is 0 Å². The van der Waals surface area contributed by atoms with Crippen molar-refractivity contribution in [2.45, 2.75) is 30.3 Å². The number of thioether (sulfide) groups is 1. The van der Waals surface area contributed by atoms with Gasteiger partial charge in [0.05, 0.1) is 11.1 Å². The average molecular weight is 292 g/mol. The summed E-state index contributed by atoms with van der Waals surface area (Å²) in [4.78, 5) is 0. The molecular weight excluding hydrogens is 278 g/mol. The highest BCUT2D eigenvalue weighted by atomic mass is 32.2. The first-order valence-electron chi connectivity index (χ1n) is 6.34. The molecule has 2 N–H and O–H groups in total. The van der Waals surface area contributed by atoms with Gasteiger partial charge in [0.1, 0.15) is 0 Å². The molecule has 2 aromatic rings. The number of aromatic nitrogens is 3. The smallest absolute Gasteiger partial charge is 0.212 e. The Morgan fingerprint density at radius 3 is 3.10 bits per heavy atom. The van der Waals surface area contributed by atoms with Gasteiger partial charge in [0.2, 0.25) is 5.16 Å². The third kappa shape index (κ3) is 2.33. The molecule has 1 aromatic heterocycles. The molecule has 2 heterocycles. The fraction of sp³-hybridized carbons (Fsp3) is 0.333. The van der Waals surface area contributed by atoms with Crippen LogP contribution in [0.15, 0.2) is 29.4 Å². The second-order valence-corrected chi connectivity index (χ2v) is 5.66. The van der Waals surface area contributed by atoms with Crippen molar-refractivity contribution in [3.8, 4) is 11.4 Å². The second-order valence-electron chi connectivity index (χ2n) is 4.49. The highest BCUT2D eigenvalue weighted by molar-refractivity contribution is 8.00. The van der Waals surface area contributed by atoms with E-state index in [9.17, 15) is 5.21 Å². The standard InChI is InChI=1S/C12H14N5O2S/c1-2-4-10-15-16-11(13-14-12(16)20-10)8-5-3-6-9(7-8)17(18)19/h3,5-7,10,15,18H,2,4H2,1H3/q-1/t10-/m0/s1. The van der Waals surface area contributed by atoms with E-state index in [2.05, 4.69) is 22.5 Å². The maximum Gasteiger partial charge on any atom is 0.212 e. The van der Waals surface area contributed by atoms with E-state index in [1.165, 1.54) is 6.07 Å². The minimum absolute atomic E-state index is 0.160. The molecule has 0 saturated heterocycles. The second kappa shape index (κ2) is 5.31. The molecule has 0 saturated carbocycles. The van der Waals surface area contributed by atoms with Crippen LogP contribution in [0.3, 0.4) is 0 Å². The number of benzene rings is 1. The number of fused-ring (bicyclic) bond motifs is 1. The van der Waals surface area contributed by atoms with Crippen LogP contribution in [0.5, 0.6) is 0 Å². The van der Waals surface area contributed by atoms with Gasteiger partial charge in [-0.2, -0.15) is 0 Å². The van der Waals surface area contributed by atoms with Crippen LogP contribution in [0.4, 0.5) is 5.69 Å². The number of hydrogen-bond donors (Lipinski definition) is 2. The summed E-state index contributed by atoms with van der Waals surface area (Å²) < 4.78 is 1.83. The van der Waals surface area contributed by atoms with Crippen molar-refractivity contribution in [2.24, 2.45) is 0 Å². The molecule has 0 amide bonds. The van der Waals surface area contributed by atoms with E-state index in [1.54, 1.807) is 23.9 Å². The van der Waals surface area contributed by atoms with Crippen molar-refractivity contribution in [1.82, 2.24) is 14.9 Å². The Morgan fingerprint density at radius 2 is 2.35 bits per heavy atom. The largest absolute Gasteiger partial charge is 0.733 e. The van der Waals surface area contributed by atoms with Crippen LogP contribution >= 0.6 is 11.8 Å². The van der Waals surface area contributed by atoms with Crippen LogP contribution in [-0.2, 0) is 0 Å². The van der Waals surface area contributed by atoms with Crippen molar-refractivity contribution in [2.75, 3.05) is 10.7 Å². The van der Waals surface area contributed by atoms with E-state index in [1.807, 2.05) is 10.7 Å². The predicted molar refractivity (Wildman–Crippen MR) is 77.0 cm³/mol. The summed E-state index contributed by atoms with van der Waals surface area (Å²) in [6.45, 7) is 2.13. The van der Waals surface area contributed by atoms with Gasteiger partial charge in [0.25, 0.3) is 0 Å². The SMILES string of the molecule is CCC[C@H]1Nn2c(nnc2-c2cccc(N([O-])O)c2)S1. The Hall–Kier alpha value is -1.77. The third-order valence-electron chi connectivity index (χ3n) is 3.03. The molecule has 20 heavy (non-hydrogen) atoms. The Morgan fingerprint density at radius 1 is 1.50 bits per heavy atom. The zero-order chi connectivity index (χ0) is 14.1. The van der Waals surface area contributed by atoms with Crippen molar-refractivity contribution < 1.29 is 5.21 Å². The highest BCUT2D eigenvalue weighted by Crippen LogP contribution is 2.33. The first-order chi connectivity index (χ1) is 9.69. The fourth-order valence-electron chi connectivity index (χ4n) is 2.10. The summed E-state index contributed by atoms with van der Waals surface area (Å²) in [5.74, 6) is 0.634. The monoisotopic (exact) mass is 292 g/mol. The molecule has 0 radical (unpaired) electrons. The van der Waals surface area contributed by atoms with E-state index in [0.29, 0.717) is 11.2 Å². The molecule has 1 aliphatic rings. The lowest BCUT2D eigenvalue weighted by molar-refractivity contribution is 0.296. The zero-order valence-electron chi connectivity index (χ0n) is 10.9. The van der Waals surface area contributed by atoms with Crippen LogP contribution < -0.4 is 10.7 Å². The highest BCUT2D eigenvalue weighted by Gasteiger charge is 2.26. The molecule has 0 spiro atoms. The molecule has 1 aliphatic heterocycles. The van der Waals surface area contributed by atoms with Crippen molar-refractivity contribution in [3.63, 3.8) is 0 Å². The Balaban J connectivity index is 1.92. The number of hydrogen-bond acceptors (Lipinski definition) is 7. The molecule has 8 heteroatoms. The average Bonchev–Trinajstić information content (AvgIpc) is 2.99. The van der Waals surface area contributed by atoms with Gasteiger partial charge in [0, 0.05) is 5.56 Å². The molecule has 1 aromatic carbocycles. The summed E-state index contributed by atoms with van der Waals surface area (Å²) >= 11 is 1.64. The summed E-state index contributed by atoms with van der Waals surface area (Å²) in [5.41, 5.74) is 4.22. The normalized spacial score (nSPS) is 16.9. The lowest BCUT2D eigenvalue weighted by Gasteiger charge is -2.21. The summed E-state index contributed by atoms with van der Waals surface area (Å²) in [7, 11) is 0. The quantitative estimate of drug-likeness (QED) is 0.836. The maximum absolute atomic E-state index is 10.9. The Labute approximate surface area is 120 Å². The first-order valence-corrected chi connectivity index (χ1v) is 7.22. The summed E-state index contributed by atoms with van der Waals surface area (Å²) in [6.07, 6.45) is 2.13. The molecule has 1 atom stereocenters. The van der Waals surface area contributed by atoms with E-state index in [-0.39, 0.29) is 10.9 Å². The van der Waals surface area contributed by atoms with Gasteiger partial charge >= 0.3 is 0 Å². The molecule has 106 valence electrons. The van der Waals surface area contributed by atoms with Gasteiger partial charge in [-0.3, -0.25) is 5.21 Å². The van der Waals surface area contributed by atoms with Gasteiger partial charge in [-0.15, -0.1) is 10.2 Å². The van der Waals surface area contributed by atoms with E-state index < -0.39 is 0 Å². The predicted octanol–water partition coefficient (Wildman–Crippen LogP) is 2.41. The first kappa shape index (κ1) is 13.2. The lowest BCUT2D eigenvalue weighted by atomic mass is 10.2. The van der Waals surface area contributed by atoms with Gasteiger partial charge in [-0.1, -0.05) is 37.2 Å². The third-order valence-corrected chi connectivity index (χ3v) is 4.13. The Bertz CT molecular complexity index is 616. The molecule has 7 nitrogen and oxygen atoms in total. The lowest BCUT2D eigenvalue weighted by Crippen LogP contribution is -2.19. The number of nitrogens with zero attached hydrogens (tertiary/aromatic N) is 4. The van der Waals surface area contributed by atoms with Crippen LogP contribution in [0.2, 0.25) is 0 Å². The van der Waals surface area contributed by atoms with E-state index in [0.717, 1.165) is 23.6 Å². The van der Waals surface area contributed by atoms with Crippen LogP contribution in [0.25, 0.3) is 11.4 Å². The molecule has 0 bridgehead atoms. The molecular formula is C12H14N5O2S-. The van der Waals surface area contributed by atoms with Gasteiger partial charge in [0.15, 0.2) is 5.82 Å². The maximum atomic E-state index is 10.9. The van der Waals surface area contributed by atoms with Crippen LogP contribution in [0.1, 0.15) is 19.8 Å².